The van der Waals surface area contributed by atoms with Gasteiger partial charge in [0, 0.05) is 42.5 Å². The van der Waals surface area contributed by atoms with Gasteiger partial charge in [0.1, 0.15) is 0 Å². The number of benzene rings is 5. The van der Waals surface area contributed by atoms with Crippen LogP contribution in [-0.4, -0.2) is 10.8 Å². The van der Waals surface area contributed by atoms with Crippen LogP contribution in [0.25, 0.3) is 53.2 Å². The summed E-state index contributed by atoms with van der Waals surface area (Å²) in [5.74, 6) is 0. The number of aliphatic imine (C=N–C) groups is 1. The van der Waals surface area contributed by atoms with Crippen molar-refractivity contribution in [2.75, 3.05) is 0 Å². The highest BCUT2D eigenvalue weighted by atomic mass is 79.9. The second-order valence-corrected chi connectivity index (χ2v) is 11.7. The number of nitrogens with one attached hydrogen (secondary N) is 1. The van der Waals surface area contributed by atoms with Crippen molar-refractivity contribution >= 4 is 86.7 Å². The maximum Gasteiger partial charge on any atom is 0.200 e. The Labute approximate surface area is 237 Å². The minimum Gasteiger partial charge on any atom is -0.345 e. The Morgan fingerprint density at radius 3 is 2.18 bits per heavy atom. The molecule has 39 heavy (non-hydrogen) atoms. The number of rotatable bonds is 3. The molecular weight excluding hydrogens is 562 g/mol. The van der Waals surface area contributed by atoms with E-state index in [1.165, 1.54) is 36.5 Å². The van der Waals surface area contributed by atoms with E-state index in [1.807, 2.05) is 17.6 Å². The summed E-state index contributed by atoms with van der Waals surface area (Å²) in [5.41, 5.74) is 6.83. The number of hydrogen-bond acceptors (Lipinski definition) is 3. The Kier molecular flexibility index (Phi) is 5.22. The van der Waals surface area contributed by atoms with Crippen molar-refractivity contribution in [1.82, 2.24) is 9.88 Å². The third-order valence-electron chi connectivity index (χ3n) is 7.55. The number of thiophene rings is 1. The molecule has 0 saturated carbocycles. The van der Waals surface area contributed by atoms with Crippen LogP contribution in [0.5, 0.6) is 0 Å². The molecule has 1 atom stereocenters. The standard InChI is InChI=1S/C34H22BrN3S/c35-27-19-25-23-15-7-9-17-28(23)38(32(25)33-30(27)24-16-8-10-18-29(24)39-33)34-36-20-26(21-11-3-1-4-12-21)31(37-34)22-13-5-2-6-14-22/h1-20,34,37H. The number of hydrogen-bond donors (Lipinski definition) is 1. The maximum absolute atomic E-state index is 5.15. The monoisotopic (exact) mass is 583 g/mol. The highest BCUT2D eigenvalue weighted by molar-refractivity contribution is 9.10. The summed E-state index contributed by atoms with van der Waals surface area (Å²) >= 11 is 5.78. The van der Waals surface area contributed by atoms with E-state index in [4.69, 9.17) is 4.99 Å². The topological polar surface area (TPSA) is 29.3 Å². The molecule has 0 aliphatic carbocycles. The van der Waals surface area contributed by atoms with Gasteiger partial charge >= 0.3 is 0 Å². The van der Waals surface area contributed by atoms with Crippen LogP contribution >= 0.6 is 27.3 Å². The third kappa shape index (κ3) is 3.50. The average Bonchev–Trinajstić information content (AvgIpc) is 3.55. The fourth-order valence-electron chi connectivity index (χ4n) is 5.83. The van der Waals surface area contributed by atoms with Gasteiger partial charge in [0.05, 0.1) is 21.4 Å². The molecule has 0 spiro atoms. The number of para-hydroxylation sites is 1. The molecule has 0 saturated heterocycles. The Balaban J connectivity index is 1.42. The Morgan fingerprint density at radius 1 is 0.718 bits per heavy atom. The smallest absolute Gasteiger partial charge is 0.200 e. The molecule has 1 unspecified atom stereocenters. The van der Waals surface area contributed by atoms with Gasteiger partial charge in [0.25, 0.3) is 0 Å². The highest BCUT2D eigenvalue weighted by Gasteiger charge is 2.26. The molecule has 5 aromatic carbocycles. The third-order valence-corrected chi connectivity index (χ3v) is 9.35. The molecule has 7 aromatic rings. The van der Waals surface area contributed by atoms with Crippen LogP contribution in [-0.2, 0) is 0 Å². The highest BCUT2D eigenvalue weighted by Crippen LogP contribution is 2.46. The number of allylic oxidation sites excluding steroid dienone is 1. The molecular formula is C34H22BrN3S. The van der Waals surface area contributed by atoms with Crippen molar-refractivity contribution in [3.63, 3.8) is 0 Å². The van der Waals surface area contributed by atoms with E-state index in [9.17, 15) is 0 Å². The zero-order valence-corrected chi connectivity index (χ0v) is 23.2. The lowest BCUT2D eigenvalue weighted by atomic mass is 9.99. The summed E-state index contributed by atoms with van der Waals surface area (Å²) in [4.78, 5) is 5.15. The Hall–Kier alpha value is -4.19. The van der Waals surface area contributed by atoms with E-state index in [0.29, 0.717) is 0 Å². The zero-order chi connectivity index (χ0) is 25.9. The average molecular weight is 585 g/mol. The van der Waals surface area contributed by atoms with Gasteiger partial charge in [0.15, 0.2) is 0 Å². The maximum atomic E-state index is 5.15. The van der Waals surface area contributed by atoms with Crippen LogP contribution in [0.15, 0.2) is 125 Å². The first kappa shape index (κ1) is 22.8. The van der Waals surface area contributed by atoms with Gasteiger partial charge in [-0.25, -0.2) is 4.99 Å². The fourth-order valence-corrected chi connectivity index (χ4v) is 7.88. The number of fused-ring (bicyclic) bond motifs is 7. The molecule has 1 aliphatic heterocycles. The van der Waals surface area contributed by atoms with Crippen molar-refractivity contribution < 1.29 is 0 Å². The van der Waals surface area contributed by atoms with Crippen LogP contribution in [0.4, 0.5) is 0 Å². The lowest BCUT2D eigenvalue weighted by Crippen LogP contribution is -2.28. The quantitative estimate of drug-likeness (QED) is 0.220. The molecule has 0 amide bonds. The van der Waals surface area contributed by atoms with Gasteiger partial charge < -0.3 is 5.32 Å². The summed E-state index contributed by atoms with van der Waals surface area (Å²) in [6.45, 7) is 0. The molecule has 3 heterocycles. The summed E-state index contributed by atoms with van der Waals surface area (Å²) < 4.78 is 6.07. The summed E-state index contributed by atoms with van der Waals surface area (Å²) in [6, 6.07) is 40.7. The van der Waals surface area contributed by atoms with E-state index in [1.54, 1.807) is 0 Å². The lowest BCUT2D eigenvalue weighted by molar-refractivity contribution is 0.512. The first-order valence-corrected chi connectivity index (χ1v) is 14.6. The van der Waals surface area contributed by atoms with Gasteiger partial charge in [-0.15, -0.1) is 11.3 Å². The van der Waals surface area contributed by atoms with E-state index in [2.05, 4.69) is 141 Å². The fraction of sp³-hybridized carbons (Fsp3) is 0.0294. The number of halogens is 1. The van der Waals surface area contributed by atoms with Gasteiger partial charge in [-0.2, -0.15) is 0 Å². The van der Waals surface area contributed by atoms with Crippen LogP contribution in [0.2, 0.25) is 0 Å². The van der Waals surface area contributed by atoms with E-state index >= 15 is 0 Å². The summed E-state index contributed by atoms with van der Waals surface area (Å²) in [5, 5.41) is 8.85. The molecule has 2 aromatic heterocycles. The Bertz CT molecular complexity index is 2100. The van der Waals surface area contributed by atoms with Crippen molar-refractivity contribution in [2.24, 2.45) is 4.99 Å². The van der Waals surface area contributed by atoms with Crippen LogP contribution in [0.1, 0.15) is 17.4 Å². The van der Waals surface area contributed by atoms with Crippen molar-refractivity contribution in [3.8, 4) is 0 Å². The number of nitrogens with zero attached hydrogens (tertiary/aromatic N) is 2. The molecule has 8 rings (SSSR count). The van der Waals surface area contributed by atoms with Gasteiger partial charge in [-0.05, 0) is 29.3 Å². The first-order chi connectivity index (χ1) is 19.3. The first-order valence-electron chi connectivity index (χ1n) is 12.9. The summed E-state index contributed by atoms with van der Waals surface area (Å²) in [7, 11) is 0. The molecule has 0 bridgehead atoms. The predicted octanol–water partition coefficient (Wildman–Crippen LogP) is 9.62. The predicted molar refractivity (Wildman–Crippen MR) is 170 cm³/mol. The molecule has 0 fully saturated rings. The lowest BCUT2D eigenvalue weighted by Gasteiger charge is -2.27. The summed E-state index contributed by atoms with van der Waals surface area (Å²) in [6.07, 6.45) is 1.74. The minimum absolute atomic E-state index is 0.301. The van der Waals surface area contributed by atoms with Crippen molar-refractivity contribution in [2.45, 2.75) is 6.29 Å². The van der Waals surface area contributed by atoms with Gasteiger partial charge in [-0.3, -0.25) is 4.57 Å². The molecule has 1 aliphatic rings. The van der Waals surface area contributed by atoms with Crippen molar-refractivity contribution in [1.29, 1.82) is 0 Å². The van der Waals surface area contributed by atoms with Gasteiger partial charge in [0.2, 0.25) is 6.29 Å². The largest absolute Gasteiger partial charge is 0.345 e. The Morgan fingerprint density at radius 2 is 1.38 bits per heavy atom. The molecule has 5 heteroatoms. The normalized spacial score (nSPS) is 15.6. The number of aromatic nitrogens is 1. The van der Waals surface area contributed by atoms with E-state index < -0.39 is 0 Å². The van der Waals surface area contributed by atoms with E-state index in [0.717, 1.165) is 32.4 Å². The van der Waals surface area contributed by atoms with Crippen LogP contribution < -0.4 is 5.32 Å². The molecule has 186 valence electrons. The van der Waals surface area contributed by atoms with Gasteiger partial charge in [-0.1, -0.05) is 113 Å². The second-order valence-electron chi connectivity index (χ2n) is 9.76. The van der Waals surface area contributed by atoms with Crippen LogP contribution in [0, 0.1) is 0 Å². The van der Waals surface area contributed by atoms with E-state index in [-0.39, 0.29) is 6.29 Å². The second kappa shape index (κ2) is 8.94. The van der Waals surface area contributed by atoms with Crippen molar-refractivity contribution in [3.05, 3.63) is 131 Å². The molecule has 1 N–H and O–H groups in total. The SMILES string of the molecule is Brc1cc2c3ccccc3n(C3N=CC(c4ccccc4)=C(c4ccccc4)N3)c2c2sc3ccccc3c12. The van der Waals surface area contributed by atoms with Crippen LogP contribution in [0.3, 0.4) is 0 Å². The molecule has 0 radical (unpaired) electrons. The molecule has 3 nitrogen and oxygen atoms in total. The minimum atomic E-state index is -0.301. The zero-order valence-electron chi connectivity index (χ0n) is 20.8.